The fraction of sp³-hybridized carbons (Fsp3) is 0.500. The Balaban J connectivity index is 1.80. The molecular weight excluding hydrogens is 278 g/mol. The van der Waals surface area contributed by atoms with Crippen LogP contribution >= 0.6 is 0 Å². The molecule has 1 aliphatic rings. The van der Waals surface area contributed by atoms with Crippen molar-refractivity contribution in [3.8, 4) is 11.5 Å². The second kappa shape index (κ2) is 6.25. The van der Waals surface area contributed by atoms with Gasteiger partial charge in [-0.3, -0.25) is 9.78 Å². The van der Waals surface area contributed by atoms with Gasteiger partial charge in [0.1, 0.15) is 5.69 Å². The van der Waals surface area contributed by atoms with E-state index in [9.17, 15) is 4.79 Å². The van der Waals surface area contributed by atoms with Gasteiger partial charge in [0.25, 0.3) is 0 Å². The number of nitrogens with zero attached hydrogens (tertiary/aromatic N) is 4. The van der Waals surface area contributed by atoms with Crippen LogP contribution < -0.4 is 0 Å². The molecule has 3 heterocycles. The van der Waals surface area contributed by atoms with E-state index < -0.39 is 0 Å². The summed E-state index contributed by atoms with van der Waals surface area (Å²) in [5.41, 5.74) is 2.83. The Bertz CT molecular complexity index is 658. The number of imidazole rings is 1. The number of piperidine rings is 1. The van der Waals surface area contributed by atoms with Gasteiger partial charge < -0.3 is 9.88 Å². The number of aryl methyl sites for hydroxylation is 1. The van der Waals surface area contributed by atoms with Gasteiger partial charge in [-0.05, 0) is 19.8 Å². The van der Waals surface area contributed by atoms with E-state index in [1.807, 2.05) is 18.7 Å². The predicted molar refractivity (Wildman–Crippen MR) is 83.2 cm³/mol. The molecule has 6 heteroatoms. The van der Waals surface area contributed by atoms with Crippen molar-refractivity contribution >= 4 is 5.91 Å². The highest BCUT2D eigenvalue weighted by molar-refractivity contribution is 5.75. The number of H-pyrrole nitrogens is 1. The maximum atomic E-state index is 11.8. The molecule has 0 bridgehead atoms. The molecule has 1 aliphatic heterocycles. The number of carbonyl (C=O) groups excluding carboxylic acids is 1. The number of nitrogens with one attached hydrogen (secondary N) is 1. The highest BCUT2D eigenvalue weighted by Crippen LogP contribution is 2.31. The van der Waals surface area contributed by atoms with Crippen molar-refractivity contribution in [2.75, 3.05) is 13.1 Å². The fourth-order valence-electron chi connectivity index (χ4n) is 2.99. The van der Waals surface area contributed by atoms with E-state index in [1.165, 1.54) is 0 Å². The number of hydrogen-bond acceptors (Lipinski definition) is 4. The molecule has 2 aromatic heterocycles. The van der Waals surface area contributed by atoms with Crippen LogP contribution in [-0.4, -0.2) is 43.8 Å². The molecular formula is C16H21N5O. The first-order valence-corrected chi connectivity index (χ1v) is 7.79. The Morgan fingerprint density at radius 3 is 2.64 bits per heavy atom. The smallest absolute Gasteiger partial charge is 0.222 e. The van der Waals surface area contributed by atoms with E-state index in [0.717, 1.165) is 48.8 Å². The highest BCUT2D eigenvalue weighted by atomic mass is 16.2. The van der Waals surface area contributed by atoms with Gasteiger partial charge in [-0.1, -0.05) is 6.92 Å². The highest BCUT2D eigenvalue weighted by Gasteiger charge is 2.26. The fourth-order valence-corrected chi connectivity index (χ4v) is 2.99. The summed E-state index contributed by atoms with van der Waals surface area (Å²) >= 11 is 0. The maximum absolute atomic E-state index is 11.8. The number of likely N-dealkylation sites (tertiary alicyclic amines) is 1. The molecule has 6 nitrogen and oxygen atoms in total. The quantitative estimate of drug-likeness (QED) is 0.943. The van der Waals surface area contributed by atoms with Crippen LogP contribution in [0, 0.1) is 6.92 Å². The summed E-state index contributed by atoms with van der Waals surface area (Å²) in [6, 6.07) is 0. The Morgan fingerprint density at radius 2 is 2.00 bits per heavy atom. The summed E-state index contributed by atoms with van der Waals surface area (Å²) in [6.07, 6.45) is 7.67. The molecule has 1 amide bonds. The van der Waals surface area contributed by atoms with Gasteiger partial charge in [0, 0.05) is 49.7 Å². The van der Waals surface area contributed by atoms with Crippen LogP contribution in [0.3, 0.4) is 0 Å². The van der Waals surface area contributed by atoms with Crippen LogP contribution in [0.1, 0.15) is 43.5 Å². The summed E-state index contributed by atoms with van der Waals surface area (Å²) in [4.78, 5) is 30.4. The summed E-state index contributed by atoms with van der Waals surface area (Å²) in [7, 11) is 0. The summed E-state index contributed by atoms with van der Waals surface area (Å²) < 4.78 is 0. The number of rotatable bonds is 3. The topological polar surface area (TPSA) is 74.8 Å². The lowest BCUT2D eigenvalue weighted by Gasteiger charge is -2.32. The van der Waals surface area contributed by atoms with Crippen LogP contribution in [0.2, 0.25) is 0 Å². The standard InChI is InChI=1S/C16H21N5O/c1-3-13(22)21-8-4-12(5-9-21)14-15(18-7-6-17-14)16-19-10-11(2)20-16/h6-7,10,12H,3-5,8-9H2,1-2H3,(H,19,20). The zero-order valence-corrected chi connectivity index (χ0v) is 13.0. The number of aromatic amines is 1. The second-order valence-corrected chi connectivity index (χ2v) is 5.71. The van der Waals surface area contributed by atoms with Gasteiger partial charge in [-0.15, -0.1) is 0 Å². The second-order valence-electron chi connectivity index (χ2n) is 5.71. The molecule has 0 saturated carbocycles. The average Bonchev–Trinajstić information content (AvgIpc) is 3.00. The monoisotopic (exact) mass is 299 g/mol. The van der Waals surface area contributed by atoms with Gasteiger partial charge >= 0.3 is 0 Å². The summed E-state index contributed by atoms with van der Waals surface area (Å²) in [5, 5.41) is 0. The minimum absolute atomic E-state index is 0.236. The summed E-state index contributed by atoms with van der Waals surface area (Å²) in [5.74, 6) is 1.34. The van der Waals surface area contributed by atoms with Crippen LogP contribution in [0.15, 0.2) is 18.6 Å². The van der Waals surface area contributed by atoms with E-state index in [4.69, 9.17) is 0 Å². The molecule has 1 N–H and O–H groups in total. The SMILES string of the molecule is CCC(=O)N1CCC(c2nccnc2-c2ncc(C)[nH]2)CC1. The van der Waals surface area contributed by atoms with Crippen molar-refractivity contribution in [2.45, 2.75) is 39.0 Å². The zero-order valence-electron chi connectivity index (χ0n) is 13.0. The molecule has 0 aliphatic carbocycles. The molecule has 1 fully saturated rings. The first-order chi connectivity index (χ1) is 10.7. The van der Waals surface area contributed by atoms with Crippen molar-refractivity contribution in [3.63, 3.8) is 0 Å². The molecule has 0 aromatic carbocycles. The van der Waals surface area contributed by atoms with Gasteiger partial charge in [0.15, 0.2) is 5.82 Å². The van der Waals surface area contributed by atoms with Crippen LogP contribution in [0.4, 0.5) is 0 Å². The van der Waals surface area contributed by atoms with Crippen LogP contribution in [0.25, 0.3) is 11.5 Å². The maximum Gasteiger partial charge on any atom is 0.222 e. The lowest BCUT2D eigenvalue weighted by molar-refractivity contribution is -0.131. The van der Waals surface area contributed by atoms with Gasteiger partial charge in [0.05, 0.1) is 5.69 Å². The number of aromatic nitrogens is 4. The third kappa shape index (κ3) is 2.86. The third-order valence-corrected chi connectivity index (χ3v) is 4.19. The van der Waals surface area contributed by atoms with Gasteiger partial charge in [-0.25, -0.2) is 9.97 Å². The van der Waals surface area contributed by atoms with Crippen molar-refractivity contribution in [1.82, 2.24) is 24.8 Å². The van der Waals surface area contributed by atoms with E-state index in [1.54, 1.807) is 18.6 Å². The molecule has 3 rings (SSSR count). The Kier molecular flexibility index (Phi) is 4.18. The summed E-state index contributed by atoms with van der Waals surface area (Å²) in [6.45, 7) is 5.48. The van der Waals surface area contributed by atoms with Crippen LogP contribution in [0.5, 0.6) is 0 Å². The molecule has 0 unspecified atom stereocenters. The molecule has 0 radical (unpaired) electrons. The predicted octanol–water partition coefficient (Wildman–Crippen LogP) is 2.29. The van der Waals surface area contributed by atoms with Crippen LogP contribution in [-0.2, 0) is 4.79 Å². The zero-order chi connectivity index (χ0) is 15.5. The minimum atomic E-state index is 0.236. The van der Waals surface area contributed by atoms with Crippen molar-refractivity contribution in [3.05, 3.63) is 30.0 Å². The molecule has 116 valence electrons. The van der Waals surface area contributed by atoms with E-state index >= 15 is 0 Å². The molecule has 0 atom stereocenters. The van der Waals surface area contributed by atoms with Crippen molar-refractivity contribution in [1.29, 1.82) is 0 Å². The average molecular weight is 299 g/mol. The number of amides is 1. The lowest BCUT2D eigenvalue weighted by atomic mass is 9.91. The van der Waals surface area contributed by atoms with E-state index in [-0.39, 0.29) is 5.91 Å². The molecule has 2 aromatic rings. The van der Waals surface area contributed by atoms with E-state index in [2.05, 4.69) is 19.9 Å². The number of hydrogen-bond donors (Lipinski definition) is 1. The first kappa shape index (κ1) is 14.7. The molecule has 1 saturated heterocycles. The van der Waals surface area contributed by atoms with Gasteiger partial charge in [-0.2, -0.15) is 0 Å². The molecule has 0 spiro atoms. The van der Waals surface area contributed by atoms with Crippen molar-refractivity contribution < 1.29 is 4.79 Å². The van der Waals surface area contributed by atoms with Gasteiger partial charge in [0.2, 0.25) is 5.91 Å². The first-order valence-electron chi connectivity index (χ1n) is 7.79. The molecule has 22 heavy (non-hydrogen) atoms. The number of carbonyl (C=O) groups is 1. The Labute approximate surface area is 130 Å². The Hall–Kier alpha value is -2.24. The largest absolute Gasteiger partial charge is 0.343 e. The van der Waals surface area contributed by atoms with E-state index in [0.29, 0.717) is 12.3 Å². The third-order valence-electron chi connectivity index (χ3n) is 4.19. The van der Waals surface area contributed by atoms with Crippen molar-refractivity contribution in [2.24, 2.45) is 0 Å². The minimum Gasteiger partial charge on any atom is -0.343 e. The lowest BCUT2D eigenvalue weighted by Crippen LogP contribution is -2.37. The Morgan fingerprint density at radius 1 is 1.27 bits per heavy atom. The normalized spacial score (nSPS) is 16.0.